The van der Waals surface area contributed by atoms with Crippen LogP contribution in [0.4, 0.5) is 0 Å². The van der Waals surface area contributed by atoms with E-state index in [9.17, 15) is 4.79 Å². The third kappa shape index (κ3) is 2.77. The Kier molecular flexibility index (Phi) is 3.89. The van der Waals surface area contributed by atoms with Crippen molar-refractivity contribution >= 4 is 50.3 Å². The van der Waals surface area contributed by atoms with Crippen LogP contribution < -0.4 is 4.74 Å². The van der Waals surface area contributed by atoms with Gasteiger partial charge in [-0.2, -0.15) is 0 Å². The molecule has 3 aromatic rings. The van der Waals surface area contributed by atoms with Crippen LogP contribution >= 0.6 is 34.3 Å². The molecule has 1 aromatic carbocycles. The molecule has 3 rings (SSSR count). The molecule has 21 heavy (non-hydrogen) atoms. The van der Waals surface area contributed by atoms with Gasteiger partial charge in [0.05, 0.1) is 9.90 Å². The van der Waals surface area contributed by atoms with E-state index >= 15 is 0 Å². The molecule has 0 unspecified atom stereocenters. The molecule has 0 amide bonds. The molecule has 0 spiro atoms. The van der Waals surface area contributed by atoms with Gasteiger partial charge in [0.1, 0.15) is 12.4 Å². The number of hydrogen-bond donors (Lipinski definition) is 1. The first-order valence-corrected chi connectivity index (χ1v) is 8.20. The van der Waals surface area contributed by atoms with Crippen molar-refractivity contribution in [3.05, 3.63) is 50.0 Å². The fraction of sp³-hybridized carbons (Fsp3) is 0.133. The highest BCUT2D eigenvalue weighted by molar-refractivity contribution is 7.19. The van der Waals surface area contributed by atoms with Crippen molar-refractivity contribution in [3.63, 3.8) is 0 Å². The third-order valence-corrected chi connectivity index (χ3v) is 5.68. The predicted octanol–water partition coefficient (Wildman–Crippen LogP) is 5.20. The number of rotatable bonds is 4. The molecule has 0 aliphatic heterocycles. The zero-order chi connectivity index (χ0) is 15.0. The van der Waals surface area contributed by atoms with E-state index in [-0.39, 0.29) is 11.5 Å². The molecule has 0 saturated heterocycles. The lowest BCUT2D eigenvalue weighted by Gasteiger charge is -2.04. The second kappa shape index (κ2) is 5.67. The summed E-state index contributed by atoms with van der Waals surface area (Å²) in [4.78, 5) is 13.2. The number of carboxylic acids is 1. The van der Waals surface area contributed by atoms with Crippen molar-refractivity contribution in [1.82, 2.24) is 0 Å². The van der Waals surface area contributed by atoms with Gasteiger partial charge in [-0.25, -0.2) is 4.79 Å². The van der Waals surface area contributed by atoms with Crippen molar-refractivity contribution in [2.45, 2.75) is 13.5 Å². The molecule has 0 fully saturated rings. The van der Waals surface area contributed by atoms with Gasteiger partial charge in [0, 0.05) is 15.0 Å². The fourth-order valence-corrected chi connectivity index (χ4v) is 4.24. The van der Waals surface area contributed by atoms with E-state index in [0.29, 0.717) is 10.8 Å². The molecule has 3 nitrogen and oxygen atoms in total. The maximum Gasteiger partial charge on any atom is 0.349 e. The van der Waals surface area contributed by atoms with Crippen molar-refractivity contribution in [2.24, 2.45) is 0 Å². The van der Waals surface area contributed by atoms with E-state index in [0.717, 1.165) is 19.8 Å². The van der Waals surface area contributed by atoms with Crippen molar-refractivity contribution in [1.29, 1.82) is 0 Å². The lowest BCUT2D eigenvalue weighted by atomic mass is 10.2. The van der Waals surface area contributed by atoms with Gasteiger partial charge < -0.3 is 9.84 Å². The van der Waals surface area contributed by atoms with Crippen LogP contribution in [0, 0.1) is 6.92 Å². The van der Waals surface area contributed by atoms with Crippen LogP contribution in [0.5, 0.6) is 5.75 Å². The zero-order valence-corrected chi connectivity index (χ0v) is 13.4. The van der Waals surface area contributed by atoms with Gasteiger partial charge in [0.25, 0.3) is 0 Å². The number of thiophene rings is 2. The molecular formula is C15H11ClO3S2. The maximum absolute atomic E-state index is 11.2. The van der Waals surface area contributed by atoms with Crippen LogP contribution in [0.1, 0.15) is 19.4 Å². The van der Waals surface area contributed by atoms with E-state index in [4.69, 9.17) is 21.4 Å². The van der Waals surface area contributed by atoms with E-state index < -0.39 is 5.97 Å². The Hall–Kier alpha value is -1.56. The highest BCUT2D eigenvalue weighted by Gasteiger charge is 2.17. The van der Waals surface area contributed by atoms with Gasteiger partial charge in [0.15, 0.2) is 4.88 Å². The fourth-order valence-electron chi connectivity index (χ4n) is 2.05. The summed E-state index contributed by atoms with van der Waals surface area (Å²) in [6.45, 7) is 2.13. The molecule has 0 saturated carbocycles. The van der Waals surface area contributed by atoms with Gasteiger partial charge in [-0.1, -0.05) is 29.8 Å². The predicted molar refractivity (Wildman–Crippen MR) is 87.2 cm³/mol. The maximum atomic E-state index is 11.2. The Morgan fingerprint density at radius 1 is 1.33 bits per heavy atom. The average Bonchev–Trinajstić information content (AvgIpc) is 2.98. The van der Waals surface area contributed by atoms with E-state index in [1.165, 1.54) is 11.3 Å². The molecule has 0 aliphatic rings. The quantitative estimate of drug-likeness (QED) is 0.711. The molecule has 6 heteroatoms. The molecule has 0 aliphatic carbocycles. The minimum atomic E-state index is -0.967. The Balaban J connectivity index is 1.87. The number of carbonyl (C=O) groups is 1. The standard InChI is InChI=1S/C15H11ClO3S2/c1-8-6-10(14(20-8)15(17)18)19-7-12-13(16)9-4-2-3-5-11(9)21-12/h2-6H,7H2,1H3,(H,17,18). The monoisotopic (exact) mass is 338 g/mol. The Morgan fingerprint density at radius 2 is 2.10 bits per heavy atom. The highest BCUT2D eigenvalue weighted by Crippen LogP contribution is 2.36. The van der Waals surface area contributed by atoms with E-state index in [1.54, 1.807) is 17.4 Å². The Morgan fingerprint density at radius 3 is 2.81 bits per heavy atom. The minimum absolute atomic E-state index is 0.227. The summed E-state index contributed by atoms with van der Waals surface area (Å²) in [5, 5.41) is 10.8. The number of fused-ring (bicyclic) bond motifs is 1. The van der Waals surface area contributed by atoms with Crippen LogP contribution in [0.15, 0.2) is 30.3 Å². The summed E-state index contributed by atoms with van der Waals surface area (Å²) in [7, 11) is 0. The highest BCUT2D eigenvalue weighted by atomic mass is 35.5. The number of ether oxygens (including phenoxy) is 1. The van der Waals surface area contributed by atoms with Crippen molar-refractivity contribution in [2.75, 3.05) is 0 Å². The number of aryl methyl sites for hydroxylation is 1. The lowest BCUT2D eigenvalue weighted by molar-refractivity contribution is 0.0697. The summed E-state index contributed by atoms with van der Waals surface area (Å²) in [6, 6.07) is 9.62. The lowest BCUT2D eigenvalue weighted by Crippen LogP contribution is -1.99. The van der Waals surface area contributed by atoms with Gasteiger partial charge >= 0.3 is 5.97 Å². The van der Waals surface area contributed by atoms with Crippen LogP contribution in [-0.2, 0) is 6.61 Å². The molecule has 0 radical (unpaired) electrons. The number of carboxylic acid groups (broad SMARTS) is 1. The first-order chi connectivity index (χ1) is 10.1. The van der Waals surface area contributed by atoms with Crippen LogP contribution in [0.3, 0.4) is 0 Å². The van der Waals surface area contributed by atoms with Crippen molar-refractivity contribution in [3.8, 4) is 5.75 Å². The summed E-state index contributed by atoms with van der Waals surface area (Å²) in [5.74, 6) is -0.566. The normalized spacial score (nSPS) is 11.0. The van der Waals surface area contributed by atoms with Gasteiger partial charge in [0.2, 0.25) is 0 Å². The smallest absolute Gasteiger partial charge is 0.349 e. The molecule has 0 atom stereocenters. The van der Waals surface area contributed by atoms with Gasteiger partial charge in [-0.05, 0) is 19.1 Å². The average molecular weight is 339 g/mol. The second-order valence-electron chi connectivity index (χ2n) is 4.48. The molecule has 108 valence electrons. The summed E-state index contributed by atoms with van der Waals surface area (Å²) < 4.78 is 6.77. The Labute approximate surface area is 134 Å². The largest absolute Gasteiger partial charge is 0.486 e. The topological polar surface area (TPSA) is 46.5 Å². The molecule has 0 bridgehead atoms. The van der Waals surface area contributed by atoms with Crippen LogP contribution in [-0.4, -0.2) is 11.1 Å². The summed E-state index contributed by atoms with van der Waals surface area (Å²) >= 11 is 9.12. The van der Waals surface area contributed by atoms with E-state index in [2.05, 4.69) is 0 Å². The molecule has 2 heterocycles. The zero-order valence-electron chi connectivity index (χ0n) is 11.1. The number of hydrogen-bond acceptors (Lipinski definition) is 4. The Bertz CT molecular complexity index is 820. The minimum Gasteiger partial charge on any atom is -0.486 e. The van der Waals surface area contributed by atoms with Crippen LogP contribution in [0.25, 0.3) is 10.1 Å². The molecular weight excluding hydrogens is 328 g/mol. The second-order valence-corrected chi connectivity index (χ2v) is 7.25. The van der Waals surface area contributed by atoms with Gasteiger partial charge in [-0.3, -0.25) is 0 Å². The number of aromatic carboxylic acids is 1. The van der Waals surface area contributed by atoms with Crippen LogP contribution in [0.2, 0.25) is 5.02 Å². The third-order valence-electron chi connectivity index (χ3n) is 2.98. The van der Waals surface area contributed by atoms with E-state index in [1.807, 2.05) is 31.2 Å². The summed E-state index contributed by atoms with van der Waals surface area (Å²) in [5.41, 5.74) is 0. The number of halogens is 1. The number of benzene rings is 1. The molecule has 2 aromatic heterocycles. The SMILES string of the molecule is Cc1cc(OCc2sc3ccccc3c2Cl)c(C(=O)O)s1. The molecule has 1 N–H and O–H groups in total. The summed E-state index contributed by atoms with van der Waals surface area (Å²) in [6.07, 6.45) is 0. The van der Waals surface area contributed by atoms with Crippen molar-refractivity contribution < 1.29 is 14.6 Å². The first-order valence-electron chi connectivity index (χ1n) is 6.18. The first kappa shape index (κ1) is 14.4. The van der Waals surface area contributed by atoms with Gasteiger partial charge in [-0.15, -0.1) is 22.7 Å².